The number of carbonyl (C=O) groups excluding carboxylic acids is 1. The molecule has 4 heteroatoms. The van der Waals surface area contributed by atoms with Gasteiger partial charge in [0.1, 0.15) is 5.82 Å². The molecule has 16 heavy (non-hydrogen) atoms. The molecule has 0 heterocycles. The maximum atomic E-state index is 13.1. The highest BCUT2D eigenvalue weighted by atomic mass is 19.1. The van der Waals surface area contributed by atoms with Gasteiger partial charge < -0.3 is 10.4 Å². The van der Waals surface area contributed by atoms with Gasteiger partial charge in [0, 0.05) is 18.0 Å². The Morgan fingerprint density at radius 1 is 1.50 bits per heavy atom. The van der Waals surface area contributed by atoms with Crippen molar-refractivity contribution in [1.82, 2.24) is 5.32 Å². The molecule has 0 spiro atoms. The van der Waals surface area contributed by atoms with Crippen molar-refractivity contribution >= 4 is 5.91 Å². The highest BCUT2D eigenvalue weighted by Gasteiger charge is 2.29. The molecule has 1 fully saturated rings. The van der Waals surface area contributed by atoms with Crippen LogP contribution in [0.25, 0.3) is 0 Å². The first-order chi connectivity index (χ1) is 7.70. The maximum absolute atomic E-state index is 13.1. The fraction of sp³-hybridized carbons (Fsp3) is 0.417. The molecule has 0 aromatic heterocycles. The average molecular weight is 223 g/mol. The van der Waals surface area contributed by atoms with Crippen molar-refractivity contribution in [3.05, 3.63) is 35.1 Å². The molecule has 0 saturated heterocycles. The lowest BCUT2D eigenvalue weighted by atomic mass is 10.1. The van der Waals surface area contributed by atoms with E-state index >= 15 is 0 Å². The third-order valence-corrected chi connectivity index (χ3v) is 2.70. The van der Waals surface area contributed by atoms with Crippen molar-refractivity contribution in [2.24, 2.45) is 5.92 Å². The fourth-order valence-corrected chi connectivity index (χ4v) is 1.54. The van der Waals surface area contributed by atoms with Gasteiger partial charge in [-0.25, -0.2) is 4.39 Å². The third kappa shape index (κ3) is 2.58. The molecule has 1 saturated carbocycles. The second-order valence-corrected chi connectivity index (χ2v) is 4.08. The summed E-state index contributed by atoms with van der Waals surface area (Å²) in [4.78, 5) is 11.4. The van der Waals surface area contributed by atoms with Crippen LogP contribution in [0.5, 0.6) is 0 Å². The topological polar surface area (TPSA) is 49.3 Å². The highest BCUT2D eigenvalue weighted by molar-refractivity contribution is 5.80. The minimum Gasteiger partial charge on any atom is -0.392 e. The number of carbonyl (C=O) groups is 1. The van der Waals surface area contributed by atoms with Gasteiger partial charge in [0.2, 0.25) is 5.91 Å². The lowest BCUT2D eigenvalue weighted by molar-refractivity contribution is -0.122. The predicted molar refractivity (Wildman–Crippen MR) is 56.9 cm³/mol. The third-order valence-electron chi connectivity index (χ3n) is 2.70. The Morgan fingerprint density at radius 2 is 2.25 bits per heavy atom. The summed E-state index contributed by atoms with van der Waals surface area (Å²) in [6.45, 7) is 0.0683. The second kappa shape index (κ2) is 4.61. The largest absolute Gasteiger partial charge is 0.392 e. The molecule has 1 aromatic rings. The first-order valence-electron chi connectivity index (χ1n) is 5.36. The van der Waals surface area contributed by atoms with Crippen LogP contribution in [0.15, 0.2) is 18.2 Å². The molecule has 2 rings (SSSR count). The number of aliphatic hydroxyl groups is 1. The summed E-state index contributed by atoms with van der Waals surface area (Å²) in [5.41, 5.74) is 1.07. The van der Waals surface area contributed by atoms with E-state index in [0.29, 0.717) is 6.54 Å². The standard InChI is InChI=1S/C12H14FNO2/c13-11-4-1-8(5-10(11)7-15)6-14-12(16)9-2-3-9/h1,4-5,9,15H,2-3,6-7H2,(H,14,16). The van der Waals surface area contributed by atoms with Crippen LogP contribution in [0, 0.1) is 11.7 Å². The summed E-state index contributed by atoms with van der Waals surface area (Å²) in [5, 5.41) is 11.7. The Balaban J connectivity index is 1.95. The number of halogens is 1. The molecule has 2 N–H and O–H groups in total. The zero-order valence-electron chi connectivity index (χ0n) is 8.87. The van der Waals surface area contributed by atoms with E-state index in [-0.39, 0.29) is 24.0 Å². The summed E-state index contributed by atoms with van der Waals surface area (Å²) < 4.78 is 13.1. The Bertz CT molecular complexity index is 402. The molecule has 1 aliphatic carbocycles. The Kier molecular flexibility index (Phi) is 3.19. The average Bonchev–Trinajstić information content (AvgIpc) is 3.11. The van der Waals surface area contributed by atoms with E-state index in [9.17, 15) is 9.18 Å². The molecule has 86 valence electrons. The van der Waals surface area contributed by atoms with Crippen LogP contribution in [-0.2, 0) is 17.9 Å². The zero-order chi connectivity index (χ0) is 11.5. The monoisotopic (exact) mass is 223 g/mol. The van der Waals surface area contributed by atoms with E-state index < -0.39 is 5.82 Å². The number of rotatable bonds is 4. The SMILES string of the molecule is O=C(NCc1ccc(F)c(CO)c1)C1CC1. The summed E-state index contributed by atoms with van der Waals surface area (Å²) in [6.07, 6.45) is 1.94. The van der Waals surface area contributed by atoms with Gasteiger partial charge in [0.05, 0.1) is 6.61 Å². The summed E-state index contributed by atoms with van der Waals surface area (Å²) in [7, 11) is 0. The summed E-state index contributed by atoms with van der Waals surface area (Å²) in [5.74, 6) is -0.174. The van der Waals surface area contributed by atoms with E-state index in [4.69, 9.17) is 5.11 Å². The van der Waals surface area contributed by atoms with Gasteiger partial charge in [0.25, 0.3) is 0 Å². The van der Waals surface area contributed by atoms with Gasteiger partial charge in [-0.15, -0.1) is 0 Å². The smallest absolute Gasteiger partial charge is 0.223 e. The molecule has 0 aliphatic heterocycles. The molecule has 1 aromatic carbocycles. The van der Waals surface area contributed by atoms with Gasteiger partial charge >= 0.3 is 0 Å². The maximum Gasteiger partial charge on any atom is 0.223 e. The zero-order valence-corrected chi connectivity index (χ0v) is 8.87. The van der Waals surface area contributed by atoms with Gasteiger partial charge in [-0.3, -0.25) is 4.79 Å². The number of aliphatic hydroxyl groups excluding tert-OH is 1. The van der Waals surface area contributed by atoms with Crippen LogP contribution in [0.2, 0.25) is 0 Å². The van der Waals surface area contributed by atoms with Crippen LogP contribution in [0.3, 0.4) is 0 Å². The number of hydrogen-bond donors (Lipinski definition) is 2. The molecule has 1 amide bonds. The number of nitrogens with one attached hydrogen (secondary N) is 1. The molecular formula is C12H14FNO2. The van der Waals surface area contributed by atoms with Crippen molar-refractivity contribution in [3.8, 4) is 0 Å². The highest BCUT2D eigenvalue weighted by Crippen LogP contribution is 2.28. The van der Waals surface area contributed by atoms with Crippen molar-refractivity contribution < 1.29 is 14.3 Å². The van der Waals surface area contributed by atoms with Crippen LogP contribution in [-0.4, -0.2) is 11.0 Å². The summed E-state index contributed by atoms with van der Waals surface area (Å²) in [6, 6.07) is 4.49. The van der Waals surface area contributed by atoms with E-state index in [1.165, 1.54) is 6.07 Å². The second-order valence-electron chi connectivity index (χ2n) is 4.08. The molecule has 0 radical (unpaired) electrons. The Labute approximate surface area is 93.3 Å². The van der Waals surface area contributed by atoms with E-state index in [1.54, 1.807) is 12.1 Å². The number of hydrogen-bond acceptors (Lipinski definition) is 2. The van der Waals surface area contributed by atoms with Crippen molar-refractivity contribution in [3.63, 3.8) is 0 Å². The quantitative estimate of drug-likeness (QED) is 0.809. The molecule has 0 atom stereocenters. The van der Waals surface area contributed by atoms with Gasteiger partial charge in [-0.05, 0) is 30.5 Å². The first kappa shape index (κ1) is 11.1. The number of amides is 1. The number of benzene rings is 1. The minimum absolute atomic E-state index is 0.0647. The van der Waals surface area contributed by atoms with Gasteiger partial charge in [-0.2, -0.15) is 0 Å². The van der Waals surface area contributed by atoms with E-state index in [2.05, 4.69) is 5.32 Å². The lowest BCUT2D eigenvalue weighted by Gasteiger charge is -2.06. The summed E-state index contributed by atoms with van der Waals surface area (Å²) >= 11 is 0. The van der Waals surface area contributed by atoms with Crippen molar-refractivity contribution in [2.75, 3.05) is 0 Å². The fourth-order valence-electron chi connectivity index (χ4n) is 1.54. The molecule has 0 bridgehead atoms. The molecular weight excluding hydrogens is 209 g/mol. The van der Waals surface area contributed by atoms with Crippen LogP contribution < -0.4 is 5.32 Å². The molecule has 3 nitrogen and oxygen atoms in total. The lowest BCUT2D eigenvalue weighted by Crippen LogP contribution is -2.24. The van der Waals surface area contributed by atoms with Crippen molar-refractivity contribution in [2.45, 2.75) is 26.0 Å². The predicted octanol–water partition coefficient (Wildman–Crippen LogP) is 1.34. The minimum atomic E-state index is -0.417. The Morgan fingerprint density at radius 3 is 2.88 bits per heavy atom. The van der Waals surface area contributed by atoms with Crippen LogP contribution in [0.4, 0.5) is 4.39 Å². The normalized spacial score (nSPS) is 14.9. The van der Waals surface area contributed by atoms with Gasteiger partial charge in [-0.1, -0.05) is 6.07 Å². The van der Waals surface area contributed by atoms with E-state index in [1.807, 2.05) is 0 Å². The van der Waals surface area contributed by atoms with Crippen LogP contribution in [0.1, 0.15) is 24.0 Å². The van der Waals surface area contributed by atoms with Crippen LogP contribution >= 0.6 is 0 Å². The van der Waals surface area contributed by atoms with Gasteiger partial charge in [0.15, 0.2) is 0 Å². The first-order valence-corrected chi connectivity index (χ1v) is 5.36. The Hall–Kier alpha value is -1.42. The molecule has 1 aliphatic rings. The van der Waals surface area contributed by atoms with E-state index in [0.717, 1.165) is 18.4 Å². The molecule has 0 unspecified atom stereocenters. The van der Waals surface area contributed by atoms with Crippen molar-refractivity contribution in [1.29, 1.82) is 0 Å².